The zero-order valence-corrected chi connectivity index (χ0v) is 8.90. The topological polar surface area (TPSA) is 81.2 Å². The van der Waals surface area contributed by atoms with Crippen molar-refractivity contribution in [2.24, 2.45) is 5.10 Å². The highest BCUT2D eigenvalue weighted by atomic mass is 35.5. The van der Waals surface area contributed by atoms with Crippen molar-refractivity contribution < 1.29 is 4.74 Å². The van der Waals surface area contributed by atoms with Gasteiger partial charge in [0.2, 0.25) is 5.71 Å². The van der Waals surface area contributed by atoms with E-state index in [2.05, 4.69) is 10.5 Å². The number of hydrazone groups is 1. The summed E-state index contributed by atoms with van der Waals surface area (Å²) in [6, 6.07) is 10.1. The molecular weight excluding hydrogens is 228 g/mol. The molecule has 0 fully saturated rings. The van der Waals surface area contributed by atoms with Gasteiger partial charge >= 0.3 is 0 Å². The second kappa shape index (κ2) is 6.28. The summed E-state index contributed by atoms with van der Waals surface area (Å²) in [5.41, 5.74) is 2.98. The molecule has 1 rings (SSSR count). The molecule has 0 aliphatic rings. The van der Waals surface area contributed by atoms with Crippen LogP contribution in [-0.2, 0) is 0 Å². The number of benzene rings is 1. The standard InChI is InChI=1S/C10H7ClN4O/c11-7-16-10-3-1-8(2-4-10)14-15-9(5-12)6-13/h1-4,14H,7H2. The van der Waals surface area contributed by atoms with E-state index in [4.69, 9.17) is 26.9 Å². The maximum absolute atomic E-state index is 8.44. The van der Waals surface area contributed by atoms with E-state index >= 15 is 0 Å². The number of anilines is 1. The SMILES string of the molecule is N#CC(C#N)=NNc1ccc(OCCl)cc1. The van der Waals surface area contributed by atoms with Gasteiger partial charge in [-0.25, -0.2) is 0 Å². The molecule has 6 heteroatoms. The molecule has 0 aliphatic heterocycles. The number of halogens is 1. The lowest BCUT2D eigenvalue weighted by atomic mass is 10.3. The van der Waals surface area contributed by atoms with Gasteiger partial charge in [-0.15, -0.1) is 0 Å². The molecule has 1 N–H and O–H groups in total. The average molecular weight is 235 g/mol. The Morgan fingerprint density at radius 1 is 1.31 bits per heavy atom. The first-order valence-electron chi connectivity index (χ1n) is 4.23. The quantitative estimate of drug-likeness (QED) is 0.491. The first-order chi connectivity index (χ1) is 7.80. The van der Waals surface area contributed by atoms with Crippen molar-refractivity contribution in [2.45, 2.75) is 0 Å². The van der Waals surface area contributed by atoms with Crippen LogP contribution < -0.4 is 10.2 Å². The van der Waals surface area contributed by atoms with Gasteiger partial charge in [0.05, 0.1) is 5.69 Å². The predicted octanol–water partition coefficient (Wildman–Crippen LogP) is 2.08. The van der Waals surface area contributed by atoms with Crippen molar-refractivity contribution in [3.8, 4) is 17.9 Å². The average Bonchev–Trinajstić information content (AvgIpc) is 2.33. The fourth-order valence-electron chi connectivity index (χ4n) is 0.884. The lowest BCUT2D eigenvalue weighted by Crippen LogP contribution is -1.96. The second-order valence-corrected chi connectivity index (χ2v) is 2.79. The summed E-state index contributed by atoms with van der Waals surface area (Å²) in [6.45, 7) is 0. The molecule has 1 aromatic rings. The molecule has 0 atom stereocenters. The number of nitrogens with zero attached hydrogens (tertiary/aromatic N) is 3. The predicted molar refractivity (Wildman–Crippen MR) is 60.1 cm³/mol. The molecule has 0 saturated heterocycles. The van der Waals surface area contributed by atoms with E-state index in [0.29, 0.717) is 11.4 Å². The summed E-state index contributed by atoms with van der Waals surface area (Å²) < 4.78 is 5.03. The molecule has 0 unspecified atom stereocenters. The minimum atomic E-state index is -0.235. The van der Waals surface area contributed by atoms with Crippen LogP contribution in [0.2, 0.25) is 0 Å². The number of alkyl halides is 1. The molecule has 0 aromatic heterocycles. The van der Waals surface area contributed by atoms with E-state index in [-0.39, 0.29) is 11.8 Å². The largest absolute Gasteiger partial charge is 0.478 e. The molecule has 0 saturated carbocycles. The first-order valence-corrected chi connectivity index (χ1v) is 4.76. The van der Waals surface area contributed by atoms with Gasteiger partial charge in [-0.1, -0.05) is 11.6 Å². The Bertz CT molecular complexity index is 439. The molecule has 5 nitrogen and oxygen atoms in total. The van der Waals surface area contributed by atoms with Crippen molar-refractivity contribution in [3.05, 3.63) is 24.3 Å². The van der Waals surface area contributed by atoms with Crippen molar-refractivity contribution >= 4 is 23.0 Å². The fraction of sp³-hybridized carbons (Fsp3) is 0.100. The van der Waals surface area contributed by atoms with Crippen LogP contribution in [0.15, 0.2) is 29.4 Å². The van der Waals surface area contributed by atoms with E-state index in [1.54, 1.807) is 36.4 Å². The Morgan fingerprint density at radius 3 is 2.44 bits per heavy atom. The maximum Gasteiger partial charge on any atom is 0.237 e. The Kier molecular flexibility index (Phi) is 4.65. The molecule has 0 radical (unpaired) electrons. The highest BCUT2D eigenvalue weighted by molar-refractivity contribution is 6.17. The van der Waals surface area contributed by atoms with E-state index in [1.807, 2.05) is 0 Å². The van der Waals surface area contributed by atoms with Crippen LogP contribution in [0.5, 0.6) is 5.75 Å². The van der Waals surface area contributed by atoms with Crippen LogP contribution in [0.1, 0.15) is 0 Å². The molecule has 0 aliphatic carbocycles. The second-order valence-electron chi connectivity index (χ2n) is 2.57. The van der Waals surface area contributed by atoms with E-state index in [1.165, 1.54) is 0 Å². The minimum absolute atomic E-state index is 0.0813. The van der Waals surface area contributed by atoms with E-state index in [0.717, 1.165) is 0 Å². The smallest absolute Gasteiger partial charge is 0.237 e. The van der Waals surface area contributed by atoms with Gasteiger partial charge in [0.1, 0.15) is 17.9 Å². The number of nitriles is 2. The Hall–Kier alpha value is -2.24. The lowest BCUT2D eigenvalue weighted by Gasteiger charge is -2.03. The Labute approximate surface area is 97.5 Å². The molecule has 16 heavy (non-hydrogen) atoms. The van der Waals surface area contributed by atoms with Crippen LogP contribution in [0.25, 0.3) is 0 Å². The monoisotopic (exact) mass is 234 g/mol. The highest BCUT2D eigenvalue weighted by Gasteiger charge is 1.95. The van der Waals surface area contributed by atoms with Crippen LogP contribution >= 0.6 is 11.6 Å². The maximum atomic E-state index is 8.44. The number of hydrogen-bond acceptors (Lipinski definition) is 5. The summed E-state index contributed by atoms with van der Waals surface area (Å²) in [5.74, 6) is 0.630. The van der Waals surface area contributed by atoms with Gasteiger partial charge in [0.25, 0.3) is 0 Å². The third kappa shape index (κ3) is 3.49. The molecule has 0 heterocycles. The van der Waals surface area contributed by atoms with Gasteiger partial charge in [-0.2, -0.15) is 15.6 Å². The first kappa shape index (κ1) is 11.8. The van der Waals surface area contributed by atoms with Crippen LogP contribution in [0.3, 0.4) is 0 Å². The zero-order valence-electron chi connectivity index (χ0n) is 8.14. The number of rotatable bonds is 4. The third-order valence-electron chi connectivity index (χ3n) is 1.58. The van der Waals surface area contributed by atoms with Crippen molar-refractivity contribution in [1.29, 1.82) is 10.5 Å². The summed E-state index contributed by atoms with van der Waals surface area (Å²) in [6.07, 6.45) is 0. The zero-order chi connectivity index (χ0) is 11.8. The van der Waals surface area contributed by atoms with Gasteiger partial charge in [-0.05, 0) is 24.3 Å². The van der Waals surface area contributed by atoms with Crippen molar-refractivity contribution in [2.75, 3.05) is 11.5 Å². The summed E-state index contributed by atoms with van der Waals surface area (Å²) in [5, 5.41) is 20.5. The number of hydrogen-bond donors (Lipinski definition) is 1. The minimum Gasteiger partial charge on any atom is -0.478 e. The van der Waals surface area contributed by atoms with E-state index < -0.39 is 0 Å². The van der Waals surface area contributed by atoms with Crippen molar-refractivity contribution in [3.63, 3.8) is 0 Å². The molecule has 0 spiro atoms. The summed E-state index contributed by atoms with van der Waals surface area (Å²) in [7, 11) is 0. The Morgan fingerprint density at radius 2 is 1.94 bits per heavy atom. The van der Waals surface area contributed by atoms with E-state index in [9.17, 15) is 0 Å². The van der Waals surface area contributed by atoms with Gasteiger partial charge in [0, 0.05) is 0 Å². The van der Waals surface area contributed by atoms with Crippen LogP contribution in [0, 0.1) is 22.7 Å². The highest BCUT2D eigenvalue weighted by Crippen LogP contribution is 2.15. The van der Waals surface area contributed by atoms with Gasteiger partial charge < -0.3 is 4.74 Å². The van der Waals surface area contributed by atoms with Crippen molar-refractivity contribution in [1.82, 2.24) is 0 Å². The molecule has 80 valence electrons. The fourth-order valence-corrected chi connectivity index (χ4v) is 1.01. The molecule has 0 bridgehead atoms. The lowest BCUT2D eigenvalue weighted by molar-refractivity contribution is 0.388. The third-order valence-corrected chi connectivity index (χ3v) is 1.69. The normalized spacial score (nSPS) is 8.44. The van der Waals surface area contributed by atoms with Gasteiger partial charge in [-0.3, -0.25) is 5.43 Å². The van der Waals surface area contributed by atoms with Crippen LogP contribution in [0.4, 0.5) is 5.69 Å². The summed E-state index contributed by atoms with van der Waals surface area (Å²) >= 11 is 5.38. The Balaban J connectivity index is 2.67. The number of nitrogens with one attached hydrogen (secondary N) is 1. The molecule has 1 aromatic carbocycles. The molecule has 0 amide bonds. The number of ether oxygens (including phenoxy) is 1. The van der Waals surface area contributed by atoms with Crippen LogP contribution in [-0.4, -0.2) is 11.8 Å². The summed E-state index contributed by atoms with van der Waals surface area (Å²) in [4.78, 5) is 0. The van der Waals surface area contributed by atoms with Gasteiger partial charge in [0.15, 0.2) is 6.07 Å². The molecular formula is C10H7ClN4O.